The number of nitrogens with zero attached hydrogens (tertiary/aromatic N) is 1. The lowest BCUT2D eigenvalue weighted by molar-refractivity contribution is -0.123. The Labute approximate surface area is 221 Å². The number of carbonyl (C=O) groups excluding carboxylic acids is 2. The highest BCUT2D eigenvalue weighted by Gasteiger charge is 2.45. The van der Waals surface area contributed by atoms with Crippen LogP contribution in [0.4, 0.5) is 15.8 Å². The number of anilines is 2. The van der Waals surface area contributed by atoms with Crippen molar-refractivity contribution in [2.45, 2.75) is 25.3 Å². The summed E-state index contributed by atoms with van der Waals surface area (Å²) in [6.07, 6.45) is 2.41. The quantitative estimate of drug-likeness (QED) is 0.322. The maximum Gasteiger partial charge on any atom is 0.258 e. The van der Waals surface area contributed by atoms with Crippen LogP contribution in [0.25, 0.3) is 0 Å². The van der Waals surface area contributed by atoms with E-state index in [-0.39, 0.29) is 17.6 Å². The van der Waals surface area contributed by atoms with Crippen molar-refractivity contribution in [3.05, 3.63) is 143 Å². The fourth-order valence-electron chi connectivity index (χ4n) is 5.62. The van der Waals surface area contributed by atoms with Gasteiger partial charge in [-0.3, -0.25) is 14.5 Å². The van der Waals surface area contributed by atoms with E-state index in [0.717, 1.165) is 22.5 Å². The van der Waals surface area contributed by atoms with Gasteiger partial charge in [-0.05, 0) is 54.4 Å². The van der Waals surface area contributed by atoms with E-state index in [9.17, 15) is 14.0 Å². The Morgan fingerprint density at radius 3 is 2.37 bits per heavy atom. The number of hydrogen-bond donors (Lipinski definition) is 1. The van der Waals surface area contributed by atoms with Gasteiger partial charge in [0.25, 0.3) is 5.91 Å². The number of rotatable bonds is 3. The molecule has 0 aromatic heterocycles. The maximum atomic E-state index is 14.6. The molecular weight excluding hydrogens is 475 g/mol. The highest BCUT2D eigenvalue weighted by atomic mass is 19.1. The summed E-state index contributed by atoms with van der Waals surface area (Å²) in [7, 11) is 0. The molecule has 0 fully saturated rings. The van der Waals surface area contributed by atoms with E-state index in [1.165, 1.54) is 12.1 Å². The Balaban J connectivity index is 1.56. The zero-order chi connectivity index (χ0) is 26.2. The van der Waals surface area contributed by atoms with E-state index < -0.39 is 17.8 Å². The minimum absolute atomic E-state index is 0.00787. The number of allylic oxidation sites excluding steroid dienone is 1. The molecule has 4 nitrogen and oxygen atoms in total. The number of aryl methyl sites for hydroxylation is 1. The summed E-state index contributed by atoms with van der Waals surface area (Å²) < 4.78 is 14.6. The van der Waals surface area contributed by atoms with Gasteiger partial charge in [-0.1, -0.05) is 78.4 Å². The van der Waals surface area contributed by atoms with Crippen LogP contribution in [0.2, 0.25) is 0 Å². The number of fused-ring (bicyclic) bond motifs is 2. The largest absolute Gasteiger partial charge is 0.357 e. The highest BCUT2D eigenvalue weighted by molar-refractivity contribution is 6.09. The van der Waals surface area contributed by atoms with Crippen LogP contribution in [0.15, 0.2) is 115 Å². The van der Waals surface area contributed by atoms with E-state index in [1.54, 1.807) is 29.2 Å². The second-order valence-corrected chi connectivity index (χ2v) is 9.97. The fourth-order valence-corrected chi connectivity index (χ4v) is 5.62. The number of amides is 1. The summed E-state index contributed by atoms with van der Waals surface area (Å²) in [5, 5.41) is 3.51. The van der Waals surface area contributed by atoms with Gasteiger partial charge in [-0.15, -0.1) is 0 Å². The molecule has 38 heavy (non-hydrogen) atoms. The molecule has 188 valence electrons. The monoisotopic (exact) mass is 502 g/mol. The zero-order valence-electron chi connectivity index (χ0n) is 21.0. The van der Waals surface area contributed by atoms with Crippen molar-refractivity contribution in [1.29, 1.82) is 0 Å². The van der Waals surface area contributed by atoms with Crippen LogP contribution >= 0.6 is 0 Å². The molecule has 2 aliphatic rings. The van der Waals surface area contributed by atoms with Crippen LogP contribution in [-0.4, -0.2) is 11.7 Å². The van der Waals surface area contributed by atoms with Crippen LogP contribution in [0.1, 0.15) is 45.4 Å². The number of ketones is 1. The van der Waals surface area contributed by atoms with Gasteiger partial charge in [-0.2, -0.15) is 0 Å². The molecule has 0 bridgehead atoms. The summed E-state index contributed by atoms with van der Waals surface area (Å²) in [5.41, 5.74) is 5.40. The van der Waals surface area contributed by atoms with Crippen molar-refractivity contribution in [2.24, 2.45) is 5.92 Å². The number of benzene rings is 4. The van der Waals surface area contributed by atoms with E-state index >= 15 is 0 Å². The first kappa shape index (κ1) is 23.9. The standard InChI is InChI=1S/C33H27FN2O2/c1-21-14-16-22(17-15-21)25-19-28-31(30(37)20-25)32(24-10-7-11-26(34)18-24)36(29-13-6-5-12-27(29)35-28)33(38)23-8-3-2-4-9-23/h2-19,25,31-32,35H,20H2,1H3/t25-,31-,32-/m0/s1. The van der Waals surface area contributed by atoms with Crippen molar-refractivity contribution < 1.29 is 14.0 Å². The van der Waals surface area contributed by atoms with Crippen molar-refractivity contribution >= 4 is 23.1 Å². The van der Waals surface area contributed by atoms with Gasteiger partial charge in [-0.25, -0.2) is 4.39 Å². The molecule has 6 rings (SSSR count). The van der Waals surface area contributed by atoms with Crippen LogP contribution in [0, 0.1) is 18.7 Å². The molecule has 1 N–H and O–H groups in total. The molecule has 1 aliphatic carbocycles. The smallest absolute Gasteiger partial charge is 0.258 e. The highest BCUT2D eigenvalue weighted by Crippen LogP contribution is 2.48. The molecule has 1 amide bonds. The molecule has 3 atom stereocenters. The number of nitrogens with one attached hydrogen (secondary N) is 1. The Kier molecular flexibility index (Phi) is 6.12. The van der Waals surface area contributed by atoms with Gasteiger partial charge >= 0.3 is 0 Å². The first-order valence-corrected chi connectivity index (χ1v) is 12.8. The summed E-state index contributed by atoms with van der Waals surface area (Å²) in [6.45, 7) is 2.04. The van der Waals surface area contributed by atoms with E-state index in [2.05, 4.69) is 35.7 Å². The predicted octanol–water partition coefficient (Wildman–Crippen LogP) is 7.20. The molecule has 4 aromatic carbocycles. The molecule has 1 aliphatic heterocycles. The third kappa shape index (κ3) is 4.30. The first-order chi connectivity index (χ1) is 18.5. The summed E-state index contributed by atoms with van der Waals surface area (Å²) in [6, 6.07) is 30.3. The molecule has 0 saturated carbocycles. The van der Waals surface area contributed by atoms with Gasteiger partial charge in [0.1, 0.15) is 11.6 Å². The number of Topliss-reactive ketones (excluding diaryl/α,β-unsaturated/α-hetero) is 1. The lowest BCUT2D eigenvalue weighted by atomic mass is 9.76. The van der Waals surface area contributed by atoms with Gasteiger partial charge in [0.2, 0.25) is 0 Å². The summed E-state index contributed by atoms with van der Waals surface area (Å²) in [4.78, 5) is 29.9. The topological polar surface area (TPSA) is 49.4 Å². The van der Waals surface area contributed by atoms with Crippen molar-refractivity contribution in [3.8, 4) is 0 Å². The molecule has 0 unspecified atom stereocenters. The van der Waals surface area contributed by atoms with Crippen LogP contribution in [0.5, 0.6) is 0 Å². The van der Waals surface area contributed by atoms with E-state index in [1.807, 2.05) is 49.4 Å². The number of carbonyl (C=O) groups is 2. The van der Waals surface area contributed by atoms with Gasteiger partial charge in [0, 0.05) is 23.6 Å². The Morgan fingerprint density at radius 1 is 0.868 bits per heavy atom. The lowest BCUT2D eigenvalue weighted by Gasteiger charge is -2.37. The van der Waals surface area contributed by atoms with Gasteiger partial charge in [0.05, 0.1) is 23.3 Å². The van der Waals surface area contributed by atoms with Gasteiger partial charge in [0.15, 0.2) is 0 Å². The van der Waals surface area contributed by atoms with Crippen LogP contribution < -0.4 is 10.2 Å². The molecule has 5 heteroatoms. The first-order valence-electron chi connectivity index (χ1n) is 12.8. The number of hydrogen-bond acceptors (Lipinski definition) is 3. The van der Waals surface area contributed by atoms with Crippen molar-refractivity contribution in [1.82, 2.24) is 0 Å². The normalized spacial score (nSPS) is 20.5. The molecule has 1 heterocycles. The second kappa shape index (κ2) is 9.75. The minimum atomic E-state index is -0.729. The molecular formula is C33H27FN2O2. The maximum absolute atomic E-state index is 14.6. The lowest BCUT2D eigenvalue weighted by Crippen LogP contribution is -2.42. The second-order valence-electron chi connectivity index (χ2n) is 9.97. The Hall–Kier alpha value is -4.51. The molecule has 0 spiro atoms. The third-order valence-electron chi connectivity index (χ3n) is 7.46. The molecule has 0 saturated heterocycles. The Morgan fingerprint density at radius 2 is 1.61 bits per heavy atom. The average molecular weight is 503 g/mol. The SMILES string of the molecule is Cc1ccc([C@H]2C=C3Nc4ccccc4N(C(=O)c4ccccc4)[C@@H](c4cccc(F)c4)[C@@H]3C(=O)C2)cc1. The number of para-hydroxylation sites is 2. The summed E-state index contributed by atoms with van der Waals surface area (Å²) >= 11 is 0. The van der Waals surface area contributed by atoms with Crippen molar-refractivity contribution in [3.63, 3.8) is 0 Å². The van der Waals surface area contributed by atoms with Gasteiger partial charge < -0.3 is 5.32 Å². The average Bonchev–Trinajstić information content (AvgIpc) is 3.08. The van der Waals surface area contributed by atoms with E-state index in [4.69, 9.17) is 0 Å². The summed E-state index contributed by atoms with van der Waals surface area (Å²) in [5.74, 6) is -1.43. The zero-order valence-corrected chi connectivity index (χ0v) is 21.0. The predicted molar refractivity (Wildman–Crippen MR) is 148 cm³/mol. The van der Waals surface area contributed by atoms with Crippen LogP contribution in [0.3, 0.4) is 0 Å². The van der Waals surface area contributed by atoms with Crippen molar-refractivity contribution in [2.75, 3.05) is 10.2 Å². The molecule has 0 radical (unpaired) electrons. The minimum Gasteiger partial charge on any atom is -0.357 e. The number of halogens is 1. The van der Waals surface area contributed by atoms with Crippen LogP contribution in [-0.2, 0) is 4.79 Å². The third-order valence-corrected chi connectivity index (χ3v) is 7.46. The molecule has 4 aromatic rings. The fraction of sp³-hybridized carbons (Fsp3) is 0.152. The Bertz CT molecular complexity index is 1550. The van der Waals surface area contributed by atoms with E-state index in [0.29, 0.717) is 23.2 Å².